The number of benzene rings is 1. The Morgan fingerprint density at radius 1 is 1.26 bits per heavy atom. The summed E-state index contributed by atoms with van der Waals surface area (Å²) >= 11 is 0. The summed E-state index contributed by atoms with van der Waals surface area (Å²) < 4.78 is 5.12. The number of phenols is 2. The molecule has 0 aliphatic heterocycles. The summed E-state index contributed by atoms with van der Waals surface area (Å²) in [4.78, 5) is 4.21. The number of aromatic nitrogens is 2. The third kappa shape index (κ3) is 3.03. The normalized spacial score (nSPS) is 12.8. The van der Waals surface area contributed by atoms with E-state index in [9.17, 15) is 10.2 Å². The summed E-state index contributed by atoms with van der Waals surface area (Å²) in [6.07, 6.45) is 0.752. The van der Waals surface area contributed by atoms with Gasteiger partial charge in [0, 0.05) is 5.56 Å². The van der Waals surface area contributed by atoms with Gasteiger partial charge in [0.1, 0.15) is 0 Å². The summed E-state index contributed by atoms with van der Waals surface area (Å²) in [5.74, 6) is 0.725. The molecule has 0 saturated heterocycles. The third-order valence-corrected chi connectivity index (χ3v) is 2.72. The lowest BCUT2D eigenvalue weighted by atomic mass is 10.0. The minimum Gasteiger partial charge on any atom is -0.504 e. The Morgan fingerprint density at radius 3 is 2.63 bits per heavy atom. The summed E-state index contributed by atoms with van der Waals surface area (Å²) in [7, 11) is 0. The molecule has 6 nitrogen and oxygen atoms in total. The van der Waals surface area contributed by atoms with E-state index in [4.69, 9.17) is 10.3 Å². The number of hydrogen-bond donors (Lipinski definition) is 3. The molecule has 0 radical (unpaired) electrons. The zero-order valence-electron chi connectivity index (χ0n) is 10.9. The second kappa shape index (κ2) is 5.27. The van der Waals surface area contributed by atoms with Gasteiger partial charge in [-0.3, -0.25) is 0 Å². The van der Waals surface area contributed by atoms with E-state index in [1.165, 1.54) is 12.1 Å². The maximum absolute atomic E-state index is 9.44. The van der Waals surface area contributed by atoms with Crippen molar-refractivity contribution in [1.29, 1.82) is 0 Å². The maximum atomic E-state index is 9.44. The lowest BCUT2D eigenvalue weighted by molar-refractivity contribution is 0.335. The van der Waals surface area contributed by atoms with Crippen molar-refractivity contribution in [3.63, 3.8) is 0 Å². The number of aromatic hydroxyl groups is 2. The van der Waals surface area contributed by atoms with Crippen LogP contribution in [0.5, 0.6) is 11.5 Å². The second-order valence-corrected chi connectivity index (χ2v) is 4.90. The van der Waals surface area contributed by atoms with Crippen molar-refractivity contribution >= 4 is 0 Å². The smallest absolute Gasteiger partial charge is 0.243 e. The van der Waals surface area contributed by atoms with Crippen molar-refractivity contribution in [2.45, 2.75) is 26.3 Å². The van der Waals surface area contributed by atoms with Gasteiger partial charge in [0.05, 0.1) is 6.04 Å². The minimum absolute atomic E-state index is 0.191. The van der Waals surface area contributed by atoms with Gasteiger partial charge >= 0.3 is 0 Å². The quantitative estimate of drug-likeness (QED) is 0.730. The Labute approximate surface area is 110 Å². The Bertz CT molecular complexity index is 566. The Kier molecular flexibility index (Phi) is 3.71. The second-order valence-electron chi connectivity index (χ2n) is 4.90. The van der Waals surface area contributed by atoms with Crippen LogP contribution in [0.4, 0.5) is 0 Å². The number of nitrogens with two attached hydrogens (primary N) is 1. The molecular weight excluding hydrogens is 246 g/mol. The standard InChI is InChI=1S/C13H17N3O3/c1-7(2)5-9(14)13-15-12(16-19-13)8-3-4-10(17)11(18)6-8/h3-4,6-7,9,17-18H,5,14H2,1-2H3. The highest BCUT2D eigenvalue weighted by atomic mass is 16.5. The lowest BCUT2D eigenvalue weighted by Crippen LogP contribution is -2.13. The van der Waals surface area contributed by atoms with Gasteiger partial charge in [0.25, 0.3) is 0 Å². The molecule has 1 atom stereocenters. The summed E-state index contributed by atoms with van der Waals surface area (Å²) in [6.45, 7) is 4.13. The SMILES string of the molecule is CC(C)CC(N)c1nc(-c2ccc(O)c(O)c2)no1. The molecule has 1 aromatic carbocycles. The number of hydrogen-bond acceptors (Lipinski definition) is 6. The van der Waals surface area contributed by atoms with Crippen LogP contribution in [0.3, 0.4) is 0 Å². The van der Waals surface area contributed by atoms with Gasteiger partial charge in [-0.1, -0.05) is 19.0 Å². The topological polar surface area (TPSA) is 105 Å². The molecular formula is C13H17N3O3. The first-order valence-corrected chi connectivity index (χ1v) is 6.09. The molecule has 19 heavy (non-hydrogen) atoms. The van der Waals surface area contributed by atoms with Gasteiger partial charge in [0.2, 0.25) is 11.7 Å². The molecule has 1 aromatic heterocycles. The predicted molar refractivity (Wildman–Crippen MR) is 69.4 cm³/mol. The van der Waals surface area contributed by atoms with Crippen LogP contribution in [0, 0.1) is 5.92 Å². The molecule has 1 heterocycles. The molecule has 1 unspecified atom stereocenters. The van der Waals surface area contributed by atoms with E-state index in [0.29, 0.717) is 23.2 Å². The van der Waals surface area contributed by atoms with Crippen molar-refractivity contribution in [3.8, 4) is 22.9 Å². The minimum atomic E-state index is -0.299. The van der Waals surface area contributed by atoms with Gasteiger partial charge in [-0.05, 0) is 30.5 Å². The molecule has 0 bridgehead atoms. The molecule has 0 fully saturated rings. The summed E-state index contributed by atoms with van der Waals surface area (Å²) in [5.41, 5.74) is 6.51. The molecule has 0 amide bonds. The van der Waals surface area contributed by atoms with Crippen LogP contribution in [-0.2, 0) is 0 Å². The summed E-state index contributed by atoms with van der Waals surface area (Å²) in [6, 6.07) is 4.04. The fraction of sp³-hybridized carbons (Fsp3) is 0.385. The van der Waals surface area contributed by atoms with Crippen LogP contribution >= 0.6 is 0 Å². The molecule has 0 saturated carbocycles. The van der Waals surface area contributed by atoms with Gasteiger partial charge < -0.3 is 20.5 Å². The van der Waals surface area contributed by atoms with Crippen LogP contribution < -0.4 is 5.73 Å². The average molecular weight is 263 g/mol. The van der Waals surface area contributed by atoms with Crippen molar-refractivity contribution < 1.29 is 14.7 Å². The van der Waals surface area contributed by atoms with E-state index in [-0.39, 0.29) is 17.5 Å². The highest BCUT2D eigenvalue weighted by Crippen LogP contribution is 2.29. The number of rotatable bonds is 4. The Morgan fingerprint density at radius 2 is 2.00 bits per heavy atom. The Hall–Kier alpha value is -2.08. The molecule has 102 valence electrons. The van der Waals surface area contributed by atoms with Crippen molar-refractivity contribution in [2.24, 2.45) is 11.7 Å². The monoisotopic (exact) mass is 263 g/mol. The summed E-state index contributed by atoms with van der Waals surface area (Å²) in [5, 5.41) is 22.5. The van der Waals surface area contributed by atoms with E-state index in [1.54, 1.807) is 6.07 Å². The Balaban J connectivity index is 2.22. The van der Waals surface area contributed by atoms with E-state index < -0.39 is 0 Å². The van der Waals surface area contributed by atoms with Gasteiger partial charge in [-0.2, -0.15) is 4.98 Å². The lowest BCUT2D eigenvalue weighted by Gasteiger charge is -2.08. The van der Waals surface area contributed by atoms with Crippen LogP contribution in [-0.4, -0.2) is 20.4 Å². The first-order valence-electron chi connectivity index (χ1n) is 6.09. The molecule has 6 heteroatoms. The van der Waals surface area contributed by atoms with Crippen LogP contribution in [0.1, 0.15) is 32.2 Å². The van der Waals surface area contributed by atoms with Gasteiger partial charge in [-0.25, -0.2) is 0 Å². The zero-order valence-corrected chi connectivity index (χ0v) is 10.9. The molecule has 0 aliphatic rings. The van der Waals surface area contributed by atoms with Gasteiger partial charge in [0.15, 0.2) is 11.5 Å². The first-order chi connectivity index (χ1) is 8.97. The highest BCUT2D eigenvalue weighted by molar-refractivity contribution is 5.59. The first kappa shape index (κ1) is 13.4. The zero-order chi connectivity index (χ0) is 14.0. The third-order valence-electron chi connectivity index (χ3n) is 2.72. The highest BCUT2D eigenvalue weighted by Gasteiger charge is 2.17. The fourth-order valence-corrected chi connectivity index (χ4v) is 1.77. The number of phenolic OH excluding ortho intramolecular Hbond substituents is 2. The van der Waals surface area contributed by atoms with E-state index in [0.717, 1.165) is 6.42 Å². The van der Waals surface area contributed by atoms with Crippen LogP contribution in [0.2, 0.25) is 0 Å². The largest absolute Gasteiger partial charge is 0.504 e. The van der Waals surface area contributed by atoms with Crippen molar-refractivity contribution in [3.05, 3.63) is 24.1 Å². The van der Waals surface area contributed by atoms with E-state index in [2.05, 4.69) is 24.0 Å². The van der Waals surface area contributed by atoms with Crippen molar-refractivity contribution in [2.75, 3.05) is 0 Å². The number of nitrogens with zero attached hydrogens (tertiary/aromatic N) is 2. The molecule has 2 aromatic rings. The maximum Gasteiger partial charge on any atom is 0.243 e. The molecule has 0 aliphatic carbocycles. The average Bonchev–Trinajstić information content (AvgIpc) is 2.81. The van der Waals surface area contributed by atoms with Crippen LogP contribution in [0.15, 0.2) is 22.7 Å². The molecule has 0 spiro atoms. The fourth-order valence-electron chi connectivity index (χ4n) is 1.77. The molecule has 2 rings (SSSR count). The molecule has 4 N–H and O–H groups in total. The van der Waals surface area contributed by atoms with E-state index >= 15 is 0 Å². The van der Waals surface area contributed by atoms with E-state index in [1.807, 2.05) is 0 Å². The van der Waals surface area contributed by atoms with Crippen molar-refractivity contribution in [1.82, 2.24) is 10.1 Å². The van der Waals surface area contributed by atoms with Crippen LogP contribution in [0.25, 0.3) is 11.4 Å². The van der Waals surface area contributed by atoms with Gasteiger partial charge in [-0.15, -0.1) is 0 Å². The predicted octanol–water partition coefficient (Wildman–Crippen LogP) is 2.19.